The molecule has 14 heavy (non-hydrogen) atoms. The SMILES string of the molecule is CCCC(C)(N)C(=O)N(C)CCNC. The zero-order chi connectivity index (χ0) is 11.2. The summed E-state index contributed by atoms with van der Waals surface area (Å²) in [4.78, 5) is 13.5. The molecule has 0 aromatic carbocycles. The molecule has 4 nitrogen and oxygen atoms in total. The van der Waals surface area contributed by atoms with Crippen LogP contribution in [-0.2, 0) is 4.79 Å². The Morgan fingerprint density at radius 3 is 2.57 bits per heavy atom. The first kappa shape index (κ1) is 13.4. The number of hydrogen-bond acceptors (Lipinski definition) is 3. The first-order chi connectivity index (χ1) is 6.45. The molecule has 0 spiro atoms. The van der Waals surface area contributed by atoms with E-state index in [9.17, 15) is 4.79 Å². The van der Waals surface area contributed by atoms with Crippen molar-refractivity contribution in [3.63, 3.8) is 0 Å². The van der Waals surface area contributed by atoms with Gasteiger partial charge in [0.15, 0.2) is 0 Å². The maximum atomic E-state index is 11.8. The lowest BCUT2D eigenvalue weighted by atomic mass is 9.96. The average molecular weight is 201 g/mol. The van der Waals surface area contributed by atoms with E-state index in [0.29, 0.717) is 6.54 Å². The molecule has 0 aromatic rings. The van der Waals surface area contributed by atoms with Crippen molar-refractivity contribution in [2.45, 2.75) is 32.2 Å². The lowest BCUT2D eigenvalue weighted by Crippen LogP contribution is -2.52. The molecule has 0 aromatic heterocycles. The third kappa shape index (κ3) is 4.07. The maximum absolute atomic E-state index is 11.8. The number of hydrogen-bond donors (Lipinski definition) is 2. The fraction of sp³-hybridized carbons (Fsp3) is 0.900. The number of nitrogens with zero attached hydrogens (tertiary/aromatic N) is 1. The van der Waals surface area contributed by atoms with Gasteiger partial charge in [-0.1, -0.05) is 13.3 Å². The van der Waals surface area contributed by atoms with Crippen LogP contribution in [0.15, 0.2) is 0 Å². The molecule has 3 N–H and O–H groups in total. The maximum Gasteiger partial charge on any atom is 0.242 e. The molecule has 0 heterocycles. The molecule has 0 saturated heterocycles. The molecular weight excluding hydrogens is 178 g/mol. The van der Waals surface area contributed by atoms with Crippen LogP contribution in [0.1, 0.15) is 26.7 Å². The van der Waals surface area contributed by atoms with Gasteiger partial charge in [-0.05, 0) is 20.4 Å². The van der Waals surface area contributed by atoms with E-state index in [2.05, 4.69) is 5.32 Å². The smallest absolute Gasteiger partial charge is 0.242 e. The van der Waals surface area contributed by atoms with Crippen LogP contribution in [0.2, 0.25) is 0 Å². The first-order valence-electron chi connectivity index (χ1n) is 5.14. The quantitative estimate of drug-likeness (QED) is 0.644. The molecule has 0 aliphatic rings. The largest absolute Gasteiger partial charge is 0.343 e. The molecule has 1 amide bonds. The van der Waals surface area contributed by atoms with Gasteiger partial charge in [0.1, 0.15) is 0 Å². The summed E-state index contributed by atoms with van der Waals surface area (Å²) in [7, 11) is 3.66. The van der Waals surface area contributed by atoms with E-state index in [1.807, 2.05) is 14.0 Å². The lowest BCUT2D eigenvalue weighted by molar-refractivity contribution is -0.135. The van der Waals surface area contributed by atoms with Gasteiger partial charge in [0.05, 0.1) is 5.54 Å². The van der Waals surface area contributed by atoms with Crippen LogP contribution in [0.5, 0.6) is 0 Å². The molecule has 0 bridgehead atoms. The van der Waals surface area contributed by atoms with Crippen molar-refractivity contribution in [1.29, 1.82) is 0 Å². The molecule has 0 radical (unpaired) electrons. The molecule has 1 atom stereocenters. The second-order valence-corrected chi connectivity index (χ2v) is 4.00. The van der Waals surface area contributed by atoms with Gasteiger partial charge in [-0.3, -0.25) is 4.79 Å². The van der Waals surface area contributed by atoms with Gasteiger partial charge < -0.3 is 16.0 Å². The Kier molecular flexibility index (Phi) is 5.72. The van der Waals surface area contributed by atoms with Crippen molar-refractivity contribution in [1.82, 2.24) is 10.2 Å². The number of carbonyl (C=O) groups is 1. The lowest BCUT2D eigenvalue weighted by Gasteiger charge is -2.28. The van der Waals surface area contributed by atoms with E-state index in [4.69, 9.17) is 5.73 Å². The Morgan fingerprint density at radius 2 is 2.14 bits per heavy atom. The van der Waals surface area contributed by atoms with Crippen molar-refractivity contribution in [2.24, 2.45) is 5.73 Å². The zero-order valence-corrected chi connectivity index (χ0v) is 9.76. The molecule has 0 aliphatic heterocycles. The normalized spacial score (nSPS) is 14.9. The minimum atomic E-state index is -0.711. The highest BCUT2D eigenvalue weighted by Crippen LogP contribution is 2.11. The summed E-state index contributed by atoms with van der Waals surface area (Å²) in [6.45, 7) is 5.33. The summed E-state index contributed by atoms with van der Waals surface area (Å²) in [6, 6.07) is 0. The van der Waals surface area contributed by atoms with Crippen molar-refractivity contribution in [3.05, 3.63) is 0 Å². The van der Waals surface area contributed by atoms with Gasteiger partial charge in [-0.2, -0.15) is 0 Å². The van der Waals surface area contributed by atoms with Crippen molar-refractivity contribution in [3.8, 4) is 0 Å². The van der Waals surface area contributed by atoms with Crippen molar-refractivity contribution < 1.29 is 4.79 Å². The van der Waals surface area contributed by atoms with Crippen LogP contribution in [-0.4, -0.2) is 43.5 Å². The fourth-order valence-corrected chi connectivity index (χ4v) is 1.44. The summed E-state index contributed by atoms with van der Waals surface area (Å²) in [6.07, 6.45) is 1.66. The Labute approximate surface area is 86.8 Å². The Morgan fingerprint density at radius 1 is 1.57 bits per heavy atom. The molecule has 4 heteroatoms. The molecule has 84 valence electrons. The summed E-state index contributed by atoms with van der Waals surface area (Å²) in [5.41, 5.74) is 5.22. The Bertz CT molecular complexity index is 180. The van der Waals surface area contributed by atoms with Crippen molar-refractivity contribution in [2.75, 3.05) is 27.2 Å². The number of nitrogens with one attached hydrogen (secondary N) is 1. The van der Waals surface area contributed by atoms with Crippen molar-refractivity contribution >= 4 is 5.91 Å². The number of rotatable bonds is 6. The zero-order valence-electron chi connectivity index (χ0n) is 9.76. The summed E-state index contributed by atoms with van der Waals surface area (Å²) >= 11 is 0. The minimum Gasteiger partial charge on any atom is -0.343 e. The van der Waals surface area contributed by atoms with Crippen LogP contribution in [0, 0.1) is 0 Å². The van der Waals surface area contributed by atoms with E-state index in [1.165, 1.54) is 0 Å². The molecule has 1 unspecified atom stereocenters. The first-order valence-corrected chi connectivity index (χ1v) is 5.14. The fourth-order valence-electron chi connectivity index (χ4n) is 1.44. The van der Waals surface area contributed by atoms with E-state index in [1.54, 1.807) is 18.9 Å². The highest BCUT2D eigenvalue weighted by atomic mass is 16.2. The van der Waals surface area contributed by atoms with Gasteiger partial charge >= 0.3 is 0 Å². The van der Waals surface area contributed by atoms with E-state index < -0.39 is 5.54 Å². The number of likely N-dealkylation sites (N-methyl/N-ethyl adjacent to an activating group) is 2. The summed E-state index contributed by atoms with van der Waals surface area (Å²) in [5, 5.41) is 3.00. The molecule has 0 saturated carbocycles. The third-order valence-corrected chi connectivity index (χ3v) is 2.30. The molecule has 0 aliphatic carbocycles. The van der Waals surface area contributed by atoms with E-state index >= 15 is 0 Å². The highest BCUT2D eigenvalue weighted by Gasteiger charge is 2.29. The van der Waals surface area contributed by atoms with Gasteiger partial charge in [0.2, 0.25) is 5.91 Å². The van der Waals surface area contributed by atoms with Gasteiger partial charge in [0, 0.05) is 20.1 Å². The Hall–Kier alpha value is -0.610. The van der Waals surface area contributed by atoms with Crippen LogP contribution in [0.25, 0.3) is 0 Å². The predicted molar refractivity (Wildman–Crippen MR) is 59.1 cm³/mol. The van der Waals surface area contributed by atoms with E-state index in [-0.39, 0.29) is 5.91 Å². The standard InChI is InChI=1S/C10H23N3O/c1-5-6-10(2,11)9(14)13(4)8-7-12-3/h12H,5-8,11H2,1-4H3. The minimum absolute atomic E-state index is 0.0228. The summed E-state index contributed by atoms with van der Waals surface area (Å²) in [5.74, 6) is 0.0228. The Balaban J connectivity index is 4.15. The summed E-state index contributed by atoms with van der Waals surface area (Å²) < 4.78 is 0. The third-order valence-electron chi connectivity index (χ3n) is 2.30. The van der Waals surface area contributed by atoms with Crippen LogP contribution in [0.4, 0.5) is 0 Å². The second kappa shape index (κ2) is 5.98. The predicted octanol–water partition coefficient (Wildman–Crippen LogP) is 0.182. The number of carbonyl (C=O) groups excluding carboxylic acids is 1. The molecule has 0 rings (SSSR count). The monoisotopic (exact) mass is 201 g/mol. The van der Waals surface area contributed by atoms with Gasteiger partial charge in [-0.25, -0.2) is 0 Å². The molecule has 0 fully saturated rings. The second-order valence-electron chi connectivity index (χ2n) is 4.00. The van der Waals surface area contributed by atoms with Crippen LogP contribution < -0.4 is 11.1 Å². The van der Waals surface area contributed by atoms with E-state index in [0.717, 1.165) is 19.4 Å². The van der Waals surface area contributed by atoms with Crippen LogP contribution in [0.3, 0.4) is 0 Å². The number of amides is 1. The topological polar surface area (TPSA) is 58.4 Å². The average Bonchev–Trinajstić information content (AvgIpc) is 2.12. The number of nitrogens with two attached hydrogens (primary N) is 1. The molecular formula is C10H23N3O. The van der Waals surface area contributed by atoms with Gasteiger partial charge in [0.25, 0.3) is 0 Å². The van der Waals surface area contributed by atoms with Crippen LogP contribution >= 0.6 is 0 Å². The highest BCUT2D eigenvalue weighted by molar-refractivity contribution is 5.85. The van der Waals surface area contributed by atoms with Gasteiger partial charge in [-0.15, -0.1) is 0 Å².